The third-order valence-electron chi connectivity index (χ3n) is 3.37. The van der Waals surface area contributed by atoms with E-state index in [1.807, 2.05) is 6.20 Å². The molecule has 1 aromatic carbocycles. The van der Waals surface area contributed by atoms with Crippen molar-refractivity contribution in [3.05, 3.63) is 58.2 Å². The molecule has 0 atom stereocenters. The van der Waals surface area contributed by atoms with Crippen LogP contribution in [0.5, 0.6) is 0 Å². The van der Waals surface area contributed by atoms with Gasteiger partial charge in [0, 0.05) is 32.9 Å². The Balaban J connectivity index is 1.49. The van der Waals surface area contributed by atoms with Crippen LogP contribution in [0.25, 0.3) is 21.3 Å². The van der Waals surface area contributed by atoms with Gasteiger partial charge in [-0.1, -0.05) is 6.07 Å². The monoisotopic (exact) mass is 311 g/mol. The third kappa shape index (κ3) is 2.57. The van der Waals surface area contributed by atoms with E-state index in [2.05, 4.69) is 62.7 Å². The van der Waals surface area contributed by atoms with E-state index in [0.29, 0.717) is 0 Å². The number of nitrogens with one attached hydrogen (secondary N) is 2. The molecule has 0 spiro atoms. The Kier molecular flexibility index (Phi) is 3.21. The standard InChI is InChI=1S/C16H13N3S2/c1-2-16(20-5-1)12-6-14(21-10-12)9-17-13-4-3-11-8-18-19-15(11)7-13/h1-8,10,17H,9H2,(H,18,19). The van der Waals surface area contributed by atoms with Crippen LogP contribution in [0, 0.1) is 0 Å². The number of rotatable bonds is 4. The summed E-state index contributed by atoms with van der Waals surface area (Å²) in [5.74, 6) is 0. The van der Waals surface area contributed by atoms with Gasteiger partial charge in [-0.05, 0) is 41.1 Å². The van der Waals surface area contributed by atoms with Gasteiger partial charge in [-0.25, -0.2) is 0 Å². The lowest BCUT2D eigenvalue weighted by molar-refractivity contribution is 1.12. The first-order valence-electron chi connectivity index (χ1n) is 6.67. The molecule has 4 rings (SSSR count). The smallest absolute Gasteiger partial charge is 0.0670 e. The number of fused-ring (bicyclic) bond motifs is 1. The molecule has 5 heteroatoms. The largest absolute Gasteiger partial charge is 0.380 e. The van der Waals surface area contributed by atoms with Gasteiger partial charge in [0.15, 0.2) is 0 Å². The van der Waals surface area contributed by atoms with Crippen LogP contribution in [-0.4, -0.2) is 10.2 Å². The topological polar surface area (TPSA) is 40.7 Å². The molecule has 0 saturated heterocycles. The summed E-state index contributed by atoms with van der Waals surface area (Å²) < 4.78 is 0. The molecule has 3 aromatic heterocycles. The van der Waals surface area contributed by atoms with E-state index >= 15 is 0 Å². The van der Waals surface area contributed by atoms with E-state index < -0.39 is 0 Å². The fourth-order valence-electron chi connectivity index (χ4n) is 2.28. The van der Waals surface area contributed by atoms with Crippen LogP contribution in [0.15, 0.2) is 53.4 Å². The maximum Gasteiger partial charge on any atom is 0.0670 e. The van der Waals surface area contributed by atoms with Gasteiger partial charge in [-0.15, -0.1) is 22.7 Å². The van der Waals surface area contributed by atoms with Gasteiger partial charge >= 0.3 is 0 Å². The van der Waals surface area contributed by atoms with Crippen molar-refractivity contribution in [2.75, 3.05) is 5.32 Å². The van der Waals surface area contributed by atoms with Crippen molar-refractivity contribution in [1.82, 2.24) is 10.2 Å². The van der Waals surface area contributed by atoms with Gasteiger partial charge in [0.1, 0.15) is 0 Å². The highest BCUT2D eigenvalue weighted by Gasteiger charge is 2.04. The van der Waals surface area contributed by atoms with Crippen molar-refractivity contribution in [1.29, 1.82) is 0 Å². The van der Waals surface area contributed by atoms with Crippen LogP contribution >= 0.6 is 22.7 Å². The lowest BCUT2D eigenvalue weighted by Crippen LogP contribution is -1.96. The zero-order chi connectivity index (χ0) is 14.1. The van der Waals surface area contributed by atoms with Crippen molar-refractivity contribution >= 4 is 39.3 Å². The number of aromatic amines is 1. The normalized spacial score (nSPS) is 11.0. The maximum atomic E-state index is 4.04. The van der Waals surface area contributed by atoms with Gasteiger partial charge in [0.2, 0.25) is 0 Å². The lowest BCUT2D eigenvalue weighted by Gasteiger charge is -2.04. The highest BCUT2D eigenvalue weighted by molar-refractivity contribution is 7.14. The van der Waals surface area contributed by atoms with Crippen molar-refractivity contribution < 1.29 is 0 Å². The molecule has 2 N–H and O–H groups in total. The van der Waals surface area contributed by atoms with Gasteiger partial charge in [0.25, 0.3) is 0 Å². The Morgan fingerprint density at radius 2 is 2.14 bits per heavy atom. The summed E-state index contributed by atoms with van der Waals surface area (Å²) >= 11 is 3.58. The molecule has 3 nitrogen and oxygen atoms in total. The average molecular weight is 311 g/mol. The minimum atomic E-state index is 0.843. The molecular formula is C16H13N3S2. The summed E-state index contributed by atoms with van der Waals surface area (Å²) in [6, 6.07) is 12.8. The zero-order valence-electron chi connectivity index (χ0n) is 11.2. The Hall–Kier alpha value is -2.11. The van der Waals surface area contributed by atoms with Gasteiger partial charge in [-0.3, -0.25) is 5.10 Å². The van der Waals surface area contributed by atoms with Gasteiger partial charge < -0.3 is 5.32 Å². The van der Waals surface area contributed by atoms with Crippen molar-refractivity contribution in [3.8, 4) is 10.4 Å². The van der Waals surface area contributed by atoms with E-state index in [9.17, 15) is 0 Å². The van der Waals surface area contributed by atoms with E-state index in [4.69, 9.17) is 0 Å². The number of H-pyrrole nitrogens is 1. The second-order valence-electron chi connectivity index (χ2n) is 4.80. The van der Waals surface area contributed by atoms with E-state index in [1.165, 1.54) is 15.3 Å². The predicted octanol–water partition coefficient (Wildman–Crippen LogP) is 4.97. The number of thiophene rings is 2. The number of hydrogen-bond donors (Lipinski definition) is 2. The number of benzene rings is 1. The Bertz CT molecular complexity index is 859. The lowest BCUT2D eigenvalue weighted by atomic mass is 10.2. The van der Waals surface area contributed by atoms with Crippen LogP contribution in [0.3, 0.4) is 0 Å². The first-order chi connectivity index (χ1) is 10.4. The molecule has 21 heavy (non-hydrogen) atoms. The summed E-state index contributed by atoms with van der Waals surface area (Å²) in [6.45, 7) is 0.843. The van der Waals surface area contributed by atoms with Crippen molar-refractivity contribution in [2.24, 2.45) is 0 Å². The molecule has 0 bridgehead atoms. The molecule has 0 unspecified atom stereocenters. The quantitative estimate of drug-likeness (QED) is 0.559. The number of hydrogen-bond acceptors (Lipinski definition) is 4. The molecule has 0 aliphatic heterocycles. The fourth-order valence-corrected chi connectivity index (χ4v) is 3.89. The number of nitrogens with zero attached hydrogens (tertiary/aromatic N) is 1. The zero-order valence-corrected chi connectivity index (χ0v) is 12.8. The van der Waals surface area contributed by atoms with Crippen LogP contribution < -0.4 is 5.32 Å². The molecule has 0 amide bonds. The highest BCUT2D eigenvalue weighted by atomic mass is 32.1. The number of anilines is 1. The summed E-state index contributed by atoms with van der Waals surface area (Å²) in [5.41, 5.74) is 3.49. The van der Waals surface area contributed by atoms with Gasteiger partial charge in [-0.2, -0.15) is 5.10 Å². The average Bonchev–Trinajstić information content (AvgIpc) is 3.24. The Labute approximate surface area is 130 Å². The van der Waals surface area contributed by atoms with Gasteiger partial charge in [0.05, 0.1) is 11.7 Å². The van der Waals surface area contributed by atoms with Crippen LogP contribution in [0.2, 0.25) is 0 Å². The molecule has 3 heterocycles. The summed E-state index contributed by atoms with van der Waals surface area (Å²) in [7, 11) is 0. The van der Waals surface area contributed by atoms with E-state index in [-0.39, 0.29) is 0 Å². The fraction of sp³-hybridized carbons (Fsp3) is 0.0625. The highest BCUT2D eigenvalue weighted by Crippen LogP contribution is 2.29. The molecular weight excluding hydrogens is 298 g/mol. The van der Waals surface area contributed by atoms with Crippen molar-refractivity contribution in [2.45, 2.75) is 6.54 Å². The summed E-state index contributed by atoms with van der Waals surface area (Å²) in [6.07, 6.45) is 1.84. The van der Waals surface area contributed by atoms with Crippen LogP contribution in [0.4, 0.5) is 5.69 Å². The molecule has 4 aromatic rings. The maximum absolute atomic E-state index is 4.04. The minimum Gasteiger partial charge on any atom is -0.380 e. The summed E-state index contributed by atoms with van der Waals surface area (Å²) in [5, 5.41) is 16.0. The number of aromatic nitrogens is 2. The Morgan fingerprint density at radius 3 is 3.05 bits per heavy atom. The molecule has 0 aliphatic carbocycles. The molecule has 0 radical (unpaired) electrons. The summed E-state index contributed by atoms with van der Waals surface area (Å²) in [4.78, 5) is 2.67. The first kappa shape index (κ1) is 12.6. The second-order valence-corrected chi connectivity index (χ2v) is 6.75. The molecule has 0 saturated carbocycles. The predicted molar refractivity (Wildman–Crippen MR) is 91.1 cm³/mol. The van der Waals surface area contributed by atoms with Crippen LogP contribution in [-0.2, 0) is 6.54 Å². The van der Waals surface area contributed by atoms with Crippen molar-refractivity contribution in [3.63, 3.8) is 0 Å². The van der Waals surface area contributed by atoms with E-state index in [1.54, 1.807) is 22.7 Å². The first-order valence-corrected chi connectivity index (χ1v) is 8.43. The third-order valence-corrected chi connectivity index (χ3v) is 5.22. The van der Waals surface area contributed by atoms with Crippen LogP contribution in [0.1, 0.15) is 4.88 Å². The second kappa shape index (κ2) is 5.35. The Morgan fingerprint density at radius 1 is 1.14 bits per heavy atom. The van der Waals surface area contributed by atoms with E-state index in [0.717, 1.165) is 23.1 Å². The SMILES string of the molecule is c1csc(-c2csc(CNc3ccc4cn[nH]c4c3)c2)c1. The minimum absolute atomic E-state index is 0.843. The molecule has 104 valence electrons. The molecule has 0 fully saturated rings. The molecule has 0 aliphatic rings.